The minimum absolute atomic E-state index is 0.372. The molecule has 0 aliphatic carbocycles. The summed E-state index contributed by atoms with van der Waals surface area (Å²) in [5.41, 5.74) is 0. The van der Waals surface area contributed by atoms with Crippen LogP contribution in [0.5, 0.6) is 0 Å². The molecular formula is C34H68N2O13. The van der Waals surface area contributed by atoms with Gasteiger partial charge in [0.2, 0.25) is 0 Å². The quantitative estimate of drug-likeness (QED) is 0.0867. The van der Waals surface area contributed by atoms with Gasteiger partial charge < -0.3 is 72.2 Å². The zero-order valence-electron chi connectivity index (χ0n) is 30.1. The van der Waals surface area contributed by atoms with Gasteiger partial charge in [-0.05, 0) is 51.9 Å². The molecule has 0 amide bonds. The summed E-state index contributed by atoms with van der Waals surface area (Å²) in [5.74, 6) is 0. The summed E-state index contributed by atoms with van der Waals surface area (Å²) in [4.78, 5) is 0. The minimum Gasteiger partial charge on any atom is -0.377 e. The maximum absolute atomic E-state index is 5.79. The summed E-state index contributed by atoms with van der Waals surface area (Å²) in [6, 6.07) is 0. The van der Waals surface area contributed by atoms with Crippen LogP contribution in [0.4, 0.5) is 0 Å². The third-order valence-corrected chi connectivity index (χ3v) is 7.45. The SMILES string of the molecule is C1CC(OCCOCCOCCOCCOCCOCCOCCOCCOCCOCCOCCOCCOC2CCNCC2)CCN1. The number of hydrogen-bond acceptors (Lipinski definition) is 15. The van der Waals surface area contributed by atoms with Crippen molar-refractivity contribution >= 4 is 0 Å². The fraction of sp³-hybridized carbons (Fsp3) is 1.00. The van der Waals surface area contributed by atoms with Crippen LogP contribution in [0.1, 0.15) is 25.7 Å². The molecule has 0 unspecified atom stereocenters. The van der Waals surface area contributed by atoms with Crippen molar-refractivity contribution < 1.29 is 61.6 Å². The third-order valence-electron chi connectivity index (χ3n) is 7.45. The van der Waals surface area contributed by atoms with Gasteiger partial charge in [-0.2, -0.15) is 0 Å². The Bertz CT molecular complexity index is 595. The van der Waals surface area contributed by atoms with Crippen LogP contribution in [-0.2, 0) is 61.6 Å². The van der Waals surface area contributed by atoms with Crippen molar-refractivity contribution in [1.29, 1.82) is 0 Å². The van der Waals surface area contributed by atoms with E-state index in [0.29, 0.717) is 171 Å². The predicted octanol–water partition coefficient (Wildman–Crippen LogP) is 0.706. The Morgan fingerprint density at radius 1 is 0.245 bits per heavy atom. The summed E-state index contributed by atoms with van der Waals surface area (Å²) in [5, 5.41) is 6.66. The van der Waals surface area contributed by atoms with E-state index in [4.69, 9.17) is 61.6 Å². The normalized spacial score (nSPS) is 16.2. The van der Waals surface area contributed by atoms with E-state index in [2.05, 4.69) is 10.6 Å². The molecule has 2 aliphatic rings. The van der Waals surface area contributed by atoms with Gasteiger partial charge in [-0.3, -0.25) is 0 Å². The Balaban J connectivity index is 1.11. The lowest BCUT2D eigenvalue weighted by atomic mass is 10.1. The molecule has 2 N–H and O–H groups in total. The first-order valence-electron chi connectivity index (χ1n) is 18.4. The molecule has 2 saturated heterocycles. The predicted molar refractivity (Wildman–Crippen MR) is 183 cm³/mol. The molecule has 2 aliphatic heterocycles. The maximum Gasteiger partial charge on any atom is 0.0704 e. The number of ether oxygens (including phenoxy) is 13. The largest absolute Gasteiger partial charge is 0.377 e. The van der Waals surface area contributed by atoms with Crippen molar-refractivity contribution in [2.75, 3.05) is 185 Å². The van der Waals surface area contributed by atoms with Gasteiger partial charge >= 0.3 is 0 Å². The molecule has 15 heteroatoms. The first-order chi connectivity index (χ1) is 24.4. The first-order valence-corrected chi connectivity index (χ1v) is 18.4. The lowest BCUT2D eigenvalue weighted by molar-refractivity contribution is -0.0339. The maximum atomic E-state index is 5.79. The smallest absolute Gasteiger partial charge is 0.0704 e. The van der Waals surface area contributed by atoms with Gasteiger partial charge in [0.05, 0.1) is 171 Å². The van der Waals surface area contributed by atoms with Crippen LogP contribution in [0.15, 0.2) is 0 Å². The molecule has 49 heavy (non-hydrogen) atoms. The topological polar surface area (TPSA) is 144 Å². The molecule has 15 nitrogen and oxygen atoms in total. The van der Waals surface area contributed by atoms with Gasteiger partial charge in [0, 0.05) is 0 Å². The van der Waals surface area contributed by atoms with Gasteiger partial charge in [0.1, 0.15) is 0 Å². The van der Waals surface area contributed by atoms with Gasteiger partial charge in [0.25, 0.3) is 0 Å². The number of nitrogens with one attached hydrogen (secondary N) is 2. The van der Waals surface area contributed by atoms with Crippen LogP contribution >= 0.6 is 0 Å². The average Bonchev–Trinajstić information content (AvgIpc) is 3.13. The van der Waals surface area contributed by atoms with Crippen LogP contribution < -0.4 is 10.6 Å². The van der Waals surface area contributed by atoms with E-state index in [-0.39, 0.29) is 0 Å². The molecule has 2 rings (SSSR count). The molecule has 2 fully saturated rings. The van der Waals surface area contributed by atoms with E-state index >= 15 is 0 Å². The lowest BCUT2D eigenvalue weighted by Gasteiger charge is -2.22. The Kier molecular flexibility index (Phi) is 33.8. The van der Waals surface area contributed by atoms with E-state index in [1.54, 1.807) is 0 Å². The third kappa shape index (κ3) is 31.8. The van der Waals surface area contributed by atoms with Gasteiger partial charge in [-0.15, -0.1) is 0 Å². The van der Waals surface area contributed by atoms with E-state index < -0.39 is 0 Å². The van der Waals surface area contributed by atoms with E-state index in [0.717, 1.165) is 51.9 Å². The molecule has 0 aromatic carbocycles. The molecule has 0 spiro atoms. The average molecular weight is 713 g/mol. The lowest BCUT2D eigenvalue weighted by Crippen LogP contribution is -2.33. The van der Waals surface area contributed by atoms with E-state index in [9.17, 15) is 0 Å². The fourth-order valence-corrected chi connectivity index (χ4v) is 4.77. The van der Waals surface area contributed by atoms with Crippen molar-refractivity contribution in [2.24, 2.45) is 0 Å². The van der Waals surface area contributed by atoms with Crippen molar-refractivity contribution in [3.63, 3.8) is 0 Å². The van der Waals surface area contributed by atoms with Gasteiger partial charge in [-0.1, -0.05) is 0 Å². The van der Waals surface area contributed by atoms with Crippen LogP contribution in [0, 0.1) is 0 Å². The Morgan fingerprint density at radius 3 is 0.592 bits per heavy atom. The summed E-state index contributed by atoms with van der Waals surface area (Å²) in [7, 11) is 0. The van der Waals surface area contributed by atoms with Gasteiger partial charge in [-0.25, -0.2) is 0 Å². The summed E-state index contributed by atoms with van der Waals surface area (Å²) in [6.07, 6.45) is 5.07. The highest BCUT2D eigenvalue weighted by atomic mass is 16.6. The molecular weight excluding hydrogens is 644 g/mol. The molecule has 0 bridgehead atoms. The summed E-state index contributed by atoms with van der Waals surface area (Å²) in [6.45, 7) is 17.3. The summed E-state index contributed by atoms with van der Waals surface area (Å²) >= 11 is 0. The highest BCUT2D eigenvalue weighted by Crippen LogP contribution is 2.07. The first kappa shape index (κ1) is 44.6. The monoisotopic (exact) mass is 712 g/mol. The molecule has 2 heterocycles. The molecule has 0 atom stereocenters. The second-order valence-corrected chi connectivity index (χ2v) is 11.4. The number of hydrogen-bond donors (Lipinski definition) is 2. The standard InChI is InChI=1S/C34H68N2O13/c1-5-35-6-2-33(1)48-31-29-46-27-25-44-23-21-42-19-17-40-15-13-38-11-9-37-10-12-39-14-16-41-18-20-43-22-24-45-26-28-47-30-32-49-34-3-7-36-8-4-34/h33-36H,1-32H2. The molecule has 0 radical (unpaired) electrons. The van der Waals surface area contributed by atoms with Gasteiger partial charge in [0.15, 0.2) is 0 Å². The highest BCUT2D eigenvalue weighted by molar-refractivity contribution is 4.68. The van der Waals surface area contributed by atoms with Crippen molar-refractivity contribution in [2.45, 2.75) is 37.9 Å². The molecule has 0 aromatic rings. The van der Waals surface area contributed by atoms with Crippen LogP contribution in [0.3, 0.4) is 0 Å². The minimum atomic E-state index is 0.372. The van der Waals surface area contributed by atoms with Crippen molar-refractivity contribution in [1.82, 2.24) is 10.6 Å². The van der Waals surface area contributed by atoms with Crippen LogP contribution in [0.25, 0.3) is 0 Å². The van der Waals surface area contributed by atoms with E-state index in [1.165, 1.54) is 0 Å². The Morgan fingerprint density at radius 2 is 0.408 bits per heavy atom. The number of piperidine rings is 2. The van der Waals surface area contributed by atoms with Crippen LogP contribution in [-0.4, -0.2) is 197 Å². The molecule has 292 valence electrons. The Hall–Kier alpha value is -0.600. The molecule has 0 aromatic heterocycles. The Labute approximate surface area is 294 Å². The van der Waals surface area contributed by atoms with Crippen LogP contribution in [0.2, 0.25) is 0 Å². The zero-order valence-corrected chi connectivity index (χ0v) is 30.1. The fourth-order valence-electron chi connectivity index (χ4n) is 4.77. The zero-order chi connectivity index (χ0) is 34.4. The number of rotatable bonds is 38. The van der Waals surface area contributed by atoms with Crippen molar-refractivity contribution in [3.05, 3.63) is 0 Å². The second kappa shape index (κ2) is 37.2. The second-order valence-electron chi connectivity index (χ2n) is 11.4. The molecule has 0 saturated carbocycles. The van der Waals surface area contributed by atoms with E-state index in [1.807, 2.05) is 0 Å². The highest BCUT2D eigenvalue weighted by Gasteiger charge is 2.13. The van der Waals surface area contributed by atoms with Crippen molar-refractivity contribution in [3.8, 4) is 0 Å². The summed E-state index contributed by atoms with van der Waals surface area (Å²) < 4.78 is 72.2.